The Morgan fingerprint density at radius 3 is 2.62 bits per heavy atom. The molecule has 0 atom stereocenters. The van der Waals surface area contributed by atoms with Crippen LogP contribution in [-0.2, 0) is 6.61 Å². The SMILES string of the molecule is CC(C)C(=O)c1ccc(OCc2cccc(F)c2)c(N)c1. The van der Waals surface area contributed by atoms with E-state index in [1.807, 2.05) is 13.8 Å². The number of nitrogen functional groups attached to an aromatic ring is 1. The highest BCUT2D eigenvalue weighted by Gasteiger charge is 2.12. The molecule has 2 aromatic rings. The normalized spacial score (nSPS) is 10.7. The third-order valence-corrected chi connectivity index (χ3v) is 3.10. The van der Waals surface area contributed by atoms with Gasteiger partial charge in [-0.3, -0.25) is 4.79 Å². The largest absolute Gasteiger partial charge is 0.487 e. The summed E-state index contributed by atoms with van der Waals surface area (Å²) in [6.07, 6.45) is 0. The molecule has 0 aliphatic rings. The van der Waals surface area contributed by atoms with Crippen molar-refractivity contribution in [1.82, 2.24) is 0 Å². The molecule has 0 fully saturated rings. The molecule has 110 valence electrons. The summed E-state index contributed by atoms with van der Waals surface area (Å²) < 4.78 is 18.6. The summed E-state index contributed by atoms with van der Waals surface area (Å²) in [7, 11) is 0. The number of carbonyl (C=O) groups excluding carboxylic acids is 1. The van der Waals surface area contributed by atoms with Crippen LogP contribution in [0.5, 0.6) is 5.75 Å². The van der Waals surface area contributed by atoms with Crippen molar-refractivity contribution in [1.29, 1.82) is 0 Å². The lowest BCUT2D eigenvalue weighted by Gasteiger charge is -2.11. The number of Topliss-reactive ketones (excluding diaryl/α,β-unsaturated/α-hetero) is 1. The first-order chi connectivity index (χ1) is 9.97. The molecule has 0 spiro atoms. The van der Waals surface area contributed by atoms with Gasteiger partial charge in [-0.05, 0) is 35.9 Å². The predicted octanol–water partition coefficient (Wildman–Crippen LogP) is 3.83. The van der Waals surface area contributed by atoms with E-state index in [0.717, 1.165) is 5.56 Å². The number of ketones is 1. The Kier molecular flexibility index (Phi) is 4.58. The Labute approximate surface area is 123 Å². The molecule has 21 heavy (non-hydrogen) atoms. The molecule has 0 bridgehead atoms. The highest BCUT2D eigenvalue weighted by Crippen LogP contribution is 2.25. The number of carbonyl (C=O) groups is 1. The molecule has 0 aromatic heterocycles. The summed E-state index contributed by atoms with van der Waals surface area (Å²) in [5.74, 6) is 0.142. The van der Waals surface area contributed by atoms with Crippen LogP contribution >= 0.6 is 0 Å². The molecule has 0 unspecified atom stereocenters. The number of rotatable bonds is 5. The zero-order valence-corrected chi connectivity index (χ0v) is 12.1. The molecule has 0 amide bonds. The van der Waals surface area contributed by atoms with Crippen LogP contribution in [0.25, 0.3) is 0 Å². The minimum Gasteiger partial charge on any atom is -0.487 e. The van der Waals surface area contributed by atoms with E-state index >= 15 is 0 Å². The molecule has 0 saturated heterocycles. The molecule has 4 heteroatoms. The van der Waals surface area contributed by atoms with Crippen LogP contribution in [0.4, 0.5) is 10.1 Å². The lowest BCUT2D eigenvalue weighted by atomic mass is 10.0. The number of benzene rings is 2. The second-order valence-corrected chi connectivity index (χ2v) is 5.19. The van der Waals surface area contributed by atoms with Gasteiger partial charge in [0.2, 0.25) is 0 Å². The number of nitrogens with two attached hydrogens (primary N) is 1. The lowest BCUT2D eigenvalue weighted by molar-refractivity contribution is 0.0939. The first-order valence-corrected chi connectivity index (χ1v) is 6.78. The summed E-state index contributed by atoms with van der Waals surface area (Å²) in [4.78, 5) is 11.9. The Balaban J connectivity index is 2.09. The predicted molar refractivity (Wildman–Crippen MR) is 80.8 cm³/mol. The third-order valence-electron chi connectivity index (χ3n) is 3.10. The third kappa shape index (κ3) is 3.81. The van der Waals surface area contributed by atoms with E-state index in [4.69, 9.17) is 10.5 Å². The van der Waals surface area contributed by atoms with Crippen LogP contribution < -0.4 is 10.5 Å². The molecule has 3 nitrogen and oxygen atoms in total. The van der Waals surface area contributed by atoms with Gasteiger partial charge in [0, 0.05) is 11.5 Å². The van der Waals surface area contributed by atoms with Gasteiger partial charge in [-0.2, -0.15) is 0 Å². The van der Waals surface area contributed by atoms with Crippen LogP contribution in [0, 0.1) is 11.7 Å². The summed E-state index contributed by atoms with van der Waals surface area (Å²) in [6, 6.07) is 11.2. The first kappa shape index (κ1) is 15.0. The number of hydrogen-bond acceptors (Lipinski definition) is 3. The van der Waals surface area contributed by atoms with Gasteiger partial charge < -0.3 is 10.5 Å². The molecule has 0 radical (unpaired) electrons. The van der Waals surface area contributed by atoms with Crippen molar-refractivity contribution >= 4 is 11.5 Å². The second-order valence-electron chi connectivity index (χ2n) is 5.19. The van der Waals surface area contributed by atoms with E-state index in [1.165, 1.54) is 12.1 Å². The molecule has 0 aliphatic carbocycles. The summed E-state index contributed by atoms with van der Waals surface area (Å²) in [6.45, 7) is 3.90. The van der Waals surface area contributed by atoms with Gasteiger partial charge in [0.15, 0.2) is 5.78 Å². The molecule has 0 heterocycles. The highest BCUT2D eigenvalue weighted by atomic mass is 19.1. The monoisotopic (exact) mass is 287 g/mol. The standard InChI is InChI=1S/C17H18FNO2/c1-11(2)17(20)13-6-7-16(15(19)9-13)21-10-12-4-3-5-14(18)8-12/h3-9,11H,10,19H2,1-2H3. The second kappa shape index (κ2) is 6.39. The van der Waals surface area contributed by atoms with E-state index in [-0.39, 0.29) is 24.1 Å². The smallest absolute Gasteiger partial charge is 0.165 e. The summed E-state index contributed by atoms with van der Waals surface area (Å²) >= 11 is 0. The van der Waals surface area contributed by atoms with Gasteiger partial charge >= 0.3 is 0 Å². The molecule has 2 N–H and O–H groups in total. The van der Waals surface area contributed by atoms with Gasteiger partial charge in [-0.15, -0.1) is 0 Å². The molecule has 0 saturated carbocycles. The Hall–Kier alpha value is -2.36. The first-order valence-electron chi connectivity index (χ1n) is 6.78. The Bertz CT molecular complexity index is 653. The van der Waals surface area contributed by atoms with Crippen molar-refractivity contribution in [3.63, 3.8) is 0 Å². The van der Waals surface area contributed by atoms with Crippen LogP contribution in [0.1, 0.15) is 29.8 Å². The van der Waals surface area contributed by atoms with Gasteiger partial charge in [-0.25, -0.2) is 4.39 Å². The van der Waals surface area contributed by atoms with Crippen LogP contribution in [-0.4, -0.2) is 5.78 Å². The Morgan fingerprint density at radius 1 is 1.24 bits per heavy atom. The van der Waals surface area contributed by atoms with Crippen molar-refractivity contribution in [2.45, 2.75) is 20.5 Å². The molecule has 2 rings (SSSR count). The Morgan fingerprint density at radius 2 is 2.00 bits per heavy atom. The zero-order valence-electron chi connectivity index (χ0n) is 12.1. The topological polar surface area (TPSA) is 52.3 Å². The lowest BCUT2D eigenvalue weighted by Crippen LogP contribution is -2.08. The average molecular weight is 287 g/mol. The van der Waals surface area contributed by atoms with Crippen molar-refractivity contribution in [3.8, 4) is 5.75 Å². The van der Waals surface area contributed by atoms with Crippen molar-refractivity contribution in [3.05, 3.63) is 59.4 Å². The van der Waals surface area contributed by atoms with Crippen molar-refractivity contribution in [2.75, 3.05) is 5.73 Å². The van der Waals surface area contributed by atoms with Gasteiger partial charge in [0.25, 0.3) is 0 Å². The molecular formula is C17H18FNO2. The number of anilines is 1. The number of halogens is 1. The zero-order chi connectivity index (χ0) is 15.4. The van der Waals surface area contributed by atoms with Gasteiger partial charge in [0.05, 0.1) is 5.69 Å². The summed E-state index contributed by atoms with van der Waals surface area (Å²) in [5.41, 5.74) is 7.59. The van der Waals surface area contributed by atoms with Crippen molar-refractivity contribution in [2.24, 2.45) is 5.92 Å². The fourth-order valence-corrected chi connectivity index (χ4v) is 1.95. The van der Waals surface area contributed by atoms with Gasteiger partial charge in [-0.1, -0.05) is 26.0 Å². The minimum absolute atomic E-state index is 0.0402. The van der Waals surface area contributed by atoms with E-state index < -0.39 is 0 Å². The maximum atomic E-state index is 13.1. The fraction of sp³-hybridized carbons (Fsp3) is 0.235. The van der Waals surface area contributed by atoms with E-state index in [2.05, 4.69) is 0 Å². The van der Waals surface area contributed by atoms with Crippen LogP contribution in [0.2, 0.25) is 0 Å². The highest BCUT2D eigenvalue weighted by molar-refractivity contribution is 5.98. The maximum absolute atomic E-state index is 13.1. The van der Waals surface area contributed by atoms with Crippen LogP contribution in [0.3, 0.4) is 0 Å². The maximum Gasteiger partial charge on any atom is 0.165 e. The number of ether oxygens (including phenoxy) is 1. The summed E-state index contributed by atoms with van der Waals surface area (Å²) in [5, 5.41) is 0. The molecular weight excluding hydrogens is 269 g/mol. The van der Waals surface area contributed by atoms with Crippen molar-refractivity contribution < 1.29 is 13.9 Å². The molecule has 0 aliphatic heterocycles. The quantitative estimate of drug-likeness (QED) is 0.671. The van der Waals surface area contributed by atoms with Crippen LogP contribution in [0.15, 0.2) is 42.5 Å². The molecule has 2 aromatic carbocycles. The van der Waals surface area contributed by atoms with E-state index in [1.54, 1.807) is 30.3 Å². The minimum atomic E-state index is -0.304. The number of hydrogen-bond donors (Lipinski definition) is 1. The van der Waals surface area contributed by atoms with Gasteiger partial charge in [0.1, 0.15) is 18.2 Å². The fourth-order valence-electron chi connectivity index (χ4n) is 1.95. The van der Waals surface area contributed by atoms with E-state index in [9.17, 15) is 9.18 Å². The average Bonchev–Trinajstić information content (AvgIpc) is 2.45. The van der Waals surface area contributed by atoms with E-state index in [0.29, 0.717) is 17.0 Å².